The quantitative estimate of drug-likeness (QED) is 0.841. The molecular weight excluding hydrogens is 250 g/mol. The molecule has 0 fully saturated rings. The third-order valence-electron chi connectivity index (χ3n) is 3.42. The molecule has 108 valence electrons. The van der Waals surface area contributed by atoms with Gasteiger partial charge in [0.25, 0.3) is 0 Å². The topological polar surface area (TPSA) is 51.0 Å². The molecule has 1 aromatic heterocycles. The van der Waals surface area contributed by atoms with Crippen LogP contribution in [0.1, 0.15) is 49.2 Å². The van der Waals surface area contributed by atoms with Crippen molar-refractivity contribution in [2.75, 3.05) is 6.54 Å². The maximum atomic E-state index is 5.72. The van der Waals surface area contributed by atoms with Crippen LogP contribution in [0, 0.1) is 6.92 Å². The maximum absolute atomic E-state index is 5.72. The van der Waals surface area contributed by atoms with Crippen LogP contribution in [0.3, 0.4) is 0 Å². The Bertz CT molecular complexity index is 536. The van der Waals surface area contributed by atoms with Crippen molar-refractivity contribution in [3.8, 4) is 0 Å². The largest absolute Gasteiger partial charge is 0.424 e. The summed E-state index contributed by atoms with van der Waals surface area (Å²) in [6, 6.07) is 8.53. The third-order valence-corrected chi connectivity index (χ3v) is 3.42. The van der Waals surface area contributed by atoms with E-state index < -0.39 is 0 Å². The first-order chi connectivity index (χ1) is 9.70. The molecule has 20 heavy (non-hydrogen) atoms. The lowest BCUT2D eigenvalue weighted by Crippen LogP contribution is -2.19. The second-order valence-electron chi connectivity index (χ2n) is 5.14. The Hall–Kier alpha value is -1.68. The molecule has 0 radical (unpaired) electrons. The number of hydrogen-bond acceptors (Lipinski definition) is 4. The van der Waals surface area contributed by atoms with Gasteiger partial charge in [-0.3, -0.25) is 0 Å². The van der Waals surface area contributed by atoms with Gasteiger partial charge >= 0.3 is 0 Å². The first kappa shape index (κ1) is 14.7. The molecule has 0 aliphatic heterocycles. The van der Waals surface area contributed by atoms with Crippen LogP contribution in [0.2, 0.25) is 0 Å². The lowest BCUT2D eigenvalue weighted by Gasteiger charge is -2.07. The van der Waals surface area contributed by atoms with Gasteiger partial charge in [-0.2, -0.15) is 0 Å². The van der Waals surface area contributed by atoms with Gasteiger partial charge in [0, 0.05) is 6.42 Å². The Morgan fingerprint density at radius 2 is 2.00 bits per heavy atom. The van der Waals surface area contributed by atoms with Gasteiger partial charge in [-0.1, -0.05) is 31.2 Å². The van der Waals surface area contributed by atoms with Crippen LogP contribution < -0.4 is 5.32 Å². The summed E-state index contributed by atoms with van der Waals surface area (Å²) in [5.74, 6) is 1.40. The van der Waals surface area contributed by atoms with Crippen molar-refractivity contribution in [3.63, 3.8) is 0 Å². The van der Waals surface area contributed by atoms with Gasteiger partial charge in [-0.05, 0) is 44.4 Å². The van der Waals surface area contributed by atoms with E-state index in [-0.39, 0.29) is 6.04 Å². The fourth-order valence-corrected chi connectivity index (χ4v) is 2.12. The smallest absolute Gasteiger partial charge is 0.233 e. The molecule has 2 aromatic rings. The standard InChI is InChI=1S/C16H23N3O/c1-4-11-17-13(3)16-19-18-15(20-16)10-9-14-8-6-5-7-12(14)2/h5-8,13,17H,4,9-11H2,1-3H3. The molecule has 4 heteroatoms. The van der Waals surface area contributed by atoms with E-state index in [1.54, 1.807) is 0 Å². The number of aryl methyl sites for hydroxylation is 3. The second-order valence-corrected chi connectivity index (χ2v) is 5.14. The molecule has 0 bridgehead atoms. The van der Waals surface area contributed by atoms with Gasteiger partial charge in [0.2, 0.25) is 11.8 Å². The van der Waals surface area contributed by atoms with Crippen LogP contribution in [0.15, 0.2) is 28.7 Å². The lowest BCUT2D eigenvalue weighted by atomic mass is 10.0. The molecule has 1 atom stereocenters. The van der Waals surface area contributed by atoms with E-state index in [1.165, 1.54) is 11.1 Å². The van der Waals surface area contributed by atoms with Crippen molar-refractivity contribution in [1.29, 1.82) is 0 Å². The van der Waals surface area contributed by atoms with Crippen molar-refractivity contribution in [2.45, 2.75) is 46.1 Å². The molecule has 0 saturated carbocycles. The summed E-state index contributed by atoms with van der Waals surface area (Å²) in [5.41, 5.74) is 2.65. The molecule has 0 amide bonds. The number of aromatic nitrogens is 2. The summed E-state index contributed by atoms with van der Waals surface area (Å²) in [6.07, 6.45) is 2.82. The minimum Gasteiger partial charge on any atom is -0.424 e. The Balaban J connectivity index is 1.91. The number of rotatable bonds is 7. The van der Waals surface area contributed by atoms with Crippen LogP contribution in [0.25, 0.3) is 0 Å². The van der Waals surface area contributed by atoms with Crippen molar-refractivity contribution in [1.82, 2.24) is 15.5 Å². The van der Waals surface area contributed by atoms with E-state index in [9.17, 15) is 0 Å². The minimum atomic E-state index is 0.120. The maximum Gasteiger partial charge on any atom is 0.233 e. The highest BCUT2D eigenvalue weighted by Crippen LogP contribution is 2.14. The van der Waals surface area contributed by atoms with E-state index >= 15 is 0 Å². The van der Waals surface area contributed by atoms with Gasteiger partial charge < -0.3 is 9.73 Å². The van der Waals surface area contributed by atoms with Gasteiger partial charge in [0.15, 0.2) is 0 Å². The number of nitrogens with one attached hydrogen (secondary N) is 1. The average molecular weight is 273 g/mol. The van der Waals surface area contributed by atoms with Crippen molar-refractivity contribution >= 4 is 0 Å². The Morgan fingerprint density at radius 1 is 1.20 bits per heavy atom. The molecule has 4 nitrogen and oxygen atoms in total. The predicted molar refractivity (Wildman–Crippen MR) is 79.6 cm³/mol. The average Bonchev–Trinajstić information content (AvgIpc) is 2.93. The monoisotopic (exact) mass is 273 g/mol. The summed E-state index contributed by atoms with van der Waals surface area (Å²) in [6.45, 7) is 7.28. The number of benzene rings is 1. The molecule has 0 spiro atoms. The van der Waals surface area contributed by atoms with E-state index in [0.717, 1.165) is 25.8 Å². The van der Waals surface area contributed by atoms with E-state index in [0.29, 0.717) is 11.8 Å². The van der Waals surface area contributed by atoms with E-state index in [4.69, 9.17) is 4.42 Å². The first-order valence-electron chi connectivity index (χ1n) is 7.31. The normalized spacial score (nSPS) is 12.6. The van der Waals surface area contributed by atoms with E-state index in [1.807, 2.05) is 6.92 Å². The molecule has 1 unspecified atom stereocenters. The van der Waals surface area contributed by atoms with Crippen LogP contribution >= 0.6 is 0 Å². The van der Waals surface area contributed by atoms with E-state index in [2.05, 4.69) is 53.6 Å². The SMILES string of the molecule is CCCNC(C)c1nnc(CCc2ccccc2C)o1. The zero-order chi connectivity index (χ0) is 14.4. The molecule has 1 heterocycles. The highest BCUT2D eigenvalue weighted by molar-refractivity contribution is 5.25. The van der Waals surface area contributed by atoms with Crippen molar-refractivity contribution in [3.05, 3.63) is 47.2 Å². The van der Waals surface area contributed by atoms with Crippen LogP contribution in [0.4, 0.5) is 0 Å². The van der Waals surface area contributed by atoms with Crippen LogP contribution in [-0.2, 0) is 12.8 Å². The van der Waals surface area contributed by atoms with Crippen LogP contribution in [0.5, 0.6) is 0 Å². The van der Waals surface area contributed by atoms with Crippen molar-refractivity contribution in [2.24, 2.45) is 0 Å². The molecule has 0 aliphatic rings. The van der Waals surface area contributed by atoms with Gasteiger partial charge in [0.1, 0.15) is 0 Å². The zero-order valence-corrected chi connectivity index (χ0v) is 12.5. The molecule has 1 N–H and O–H groups in total. The summed E-state index contributed by atoms with van der Waals surface area (Å²) in [7, 11) is 0. The molecule has 2 rings (SSSR count). The Labute approximate surface area is 120 Å². The molecular formula is C16H23N3O. The fourth-order valence-electron chi connectivity index (χ4n) is 2.12. The zero-order valence-electron chi connectivity index (χ0n) is 12.5. The van der Waals surface area contributed by atoms with Gasteiger partial charge in [0.05, 0.1) is 6.04 Å². The Kier molecular flexibility index (Phi) is 5.30. The number of hydrogen-bond donors (Lipinski definition) is 1. The molecule has 0 aliphatic carbocycles. The van der Waals surface area contributed by atoms with Gasteiger partial charge in [-0.15, -0.1) is 10.2 Å². The highest BCUT2D eigenvalue weighted by Gasteiger charge is 2.13. The Morgan fingerprint density at radius 3 is 2.75 bits per heavy atom. The third kappa shape index (κ3) is 3.90. The van der Waals surface area contributed by atoms with Crippen LogP contribution in [-0.4, -0.2) is 16.7 Å². The lowest BCUT2D eigenvalue weighted by molar-refractivity contribution is 0.393. The second kappa shape index (κ2) is 7.20. The summed E-state index contributed by atoms with van der Waals surface area (Å²) >= 11 is 0. The number of nitrogens with zero attached hydrogens (tertiary/aromatic N) is 2. The summed E-state index contributed by atoms with van der Waals surface area (Å²) in [5, 5.41) is 11.6. The highest BCUT2D eigenvalue weighted by atomic mass is 16.4. The summed E-state index contributed by atoms with van der Waals surface area (Å²) in [4.78, 5) is 0. The molecule has 1 aromatic carbocycles. The van der Waals surface area contributed by atoms with Crippen molar-refractivity contribution < 1.29 is 4.42 Å². The predicted octanol–water partition coefficient (Wildman–Crippen LogP) is 3.22. The summed E-state index contributed by atoms with van der Waals surface area (Å²) < 4.78 is 5.72. The van der Waals surface area contributed by atoms with Gasteiger partial charge in [-0.25, -0.2) is 0 Å². The first-order valence-corrected chi connectivity index (χ1v) is 7.31. The minimum absolute atomic E-state index is 0.120. The molecule has 0 saturated heterocycles. The fraction of sp³-hybridized carbons (Fsp3) is 0.500.